The predicted octanol–water partition coefficient (Wildman–Crippen LogP) is 1.29. The molecule has 1 aromatic carbocycles. The minimum absolute atomic E-state index is 0.0119. The van der Waals surface area contributed by atoms with Gasteiger partial charge in [-0.05, 0) is 12.1 Å². The van der Waals surface area contributed by atoms with Gasteiger partial charge in [-0.3, -0.25) is 0 Å². The molecule has 0 unspecified atom stereocenters. The third-order valence-corrected chi connectivity index (χ3v) is 1.66. The Labute approximate surface area is 75.7 Å². The number of anilines is 1. The minimum Gasteiger partial charge on any atom is -0.491 e. The molecular formula is C8H10ClNO2. The van der Waals surface area contributed by atoms with Gasteiger partial charge in [0.25, 0.3) is 0 Å². The summed E-state index contributed by atoms with van der Waals surface area (Å²) in [6.45, 7) is 0.252. The first-order chi connectivity index (χ1) is 5.74. The second-order valence-corrected chi connectivity index (χ2v) is 2.66. The van der Waals surface area contributed by atoms with Crippen LogP contribution in [-0.2, 0) is 0 Å². The van der Waals surface area contributed by atoms with Gasteiger partial charge in [-0.2, -0.15) is 0 Å². The fourth-order valence-corrected chi connectivity index (χ4v) is 0.932. The van der Waals surface area contributed by atoms with Gasteiger partial charge >= 0.3 is 0 Å². The number of aliphatic hydroxyl groups is 1. The van der Waals surface area contributed by atoms with E-state index in [1.807, 2.05) is 0 Å². The molecule has 1 rings (SSSR count). The quantitative estimate of drug-likeness (QED) is 0.702. The molecule has 0 radical (unpaired) electrons. The third-order valence-electron chi connectivity index (χ3n) is 1.33. The SMILES string of the molecule is Nc1ccc(OCCO)cc1Cl. The molecule has 0 saturated heterocycles. The highest BCUT2D eigenvalue weighted by Gasteiger charge is 1.98. The maximum Gasteiger partial charge on any atom is 0.121 e. The van der Waals surface area contributed by atoms with E-state index in [1.54, 1.807) is 18.2 Å². The van der Waals surface area contributed by atoms with Crippen LogP contribution >= 0.6 is 11.6 Å². The van der Waals surface area contributed by atoms with Crippen LogP contribution in [-0.4, -0.2) is 18.3 Å². The summed E-state index contributed by atoms with van der Waals surface area (Å²) in [4.78, 5) is 0. The Bertz CT molecular complexity index is 265. The van der Waals surface area contributed by atoms with Crippen LogP contribution < -0.4 is 10.5 Å². The molecule has 0 fully saturated rings. The highest BCUT2D eigenvalue weighted by Crippen LogP contribution is 2.23. The molecule has 0 heterocycles. The first-order valence-corrected chi connectivity index (χ1v) is 3.90. The molecule has 0 saturated carbocycles. The van der Waals surface area contributed by atoms with E-state index in [1.165, 1.54) is 0 Å². The standard InChI is InChI=1S/C8H10ClNO2/c9-7-5-6(12-4-3-11)1-2-8(7)10/h1-2,5,11H,3-4,10H2. The Balaban J connectivity index is 2.69. The summed E-state index contributed by atoms with van der Waals surface area (Å²) in [7, 11) is 0. The number of hydrogen-bond donors (Lipinski definition) is 2. The Morgan fingerprint density at radius 1 is 1.50 bits per heavy atom. The summed E-state index contributed by atoms with van der Waals surface area (Å²) in [5.74, 6) is 0.614. The summed E-state index contributed by atoms with van der Waals surface area (Å²) in [6.07, 6.45) is 0. The van der Waals surface area contributed by atoms with E-state index in [-0.39, 0.29) is 13.2 Å². The number of halogens is 1. The molecule has 0 atom stereocenters. The van der Waals surface area contributed by atoms with Crippen molar-refractivity contribution in [2.24, 2.45) is 0 Å². The lowest BCUT2D eigenvalue weighted by atomic mass is 10.3. The molecular weight excluding hydrogens is 178 g/mol. The maximum absolute atomic E-state index is 8.47. The molecule has 0 bridgehead atoms. The number of benzene rings is 1. The van der Waals surface area contributed by atoms with Gasteiger partial charge in [0.05, 0.1) is 17.3 Å². The van der Waals surface area contributed by atoms with Crippen LogP contribution in [0.4, 0.5) is 5.69 Å². The Morgan fingerprint density at radius 3 is 2.83 bits per heavy atom. The summed E-state index contributed by atoms with van der Waals surface area (Å²) in [6, 6.07) is 4.98. The van der Waals surface area contributed by atoms with Gasteiger partial charge < -0.3 is 15.6 Å². The predicted molar refractivity (Wildman–Crippen MR) is 48.4 cm³/mol. The molecule has 1 aromatic rings. The minimum atomic E-state index is -0.0119. The monoisotopic (exact) mass is 187 g/mol. The van der Waals surface area contributed by atoms with Gasteiger partial charge in [-0.25, -0.2) is 0 Å². The molecule has 4 heteroatoms. The van der Waals surface area contributed by atoms with Crippen molar-refractivity contribution in [2.75, 3.05) is 18.9 Å². The smallest absolute Gasteiger partial charge is 0.121 e. The van der Waals surface area contributed by atoms with Crippen molar-refractivity contribution < 1.29 is 9.84 Å². The van der Waals surface area contributed by atoms with E-state index >= 15 is 0 Å². The van der Waals surface area contributed by atoms with Gasteiger partial charge in [-0.15, -0.1) is 0 Å². The van der Waals surface area contributed by atoms with E-state index in [2.05, 4.69) is 0 Å². The third kappa shape index (κ3) is 2.29. The maximum atomic E-state index is 8.47. The lowest BCUT2D eigenvalue weighted by molar-refractivity contribution is 0.201. The number of nitrogens with two attached hydrogens (primary N) is 1. The molecule has 3 N–H and O–H groups in total. The van der Waals surface area contributed by atoms with Crippen LogP contribution in [0.15, 0.2) is 18.2 Å². The van der Waals surface area contributed by atoms with Crippen molar-refractivity contribution in [2.45, 2.75) is 0 Å². The Morgan fingerprint density at radius 2 is 2.25 bits per heavy atom. The summed E-state index contributed by atoms with van der Waals surface area (Å²) in [5.41, 5.74) is 6.00. The van der Waals surface area contributed by atoms with Gasteiger partial charge in [-0.1, -0.05) is 11.6 Å². The zero-order valence-electron chi connectivity index (χ0n) is 6.46. The van der Waals surface area contributed by atoms with E-state index in [0.29, 0.717) is 16.5 Å². The average Bonchev–Trinajstić information content (AvgIpc) is 2.07. The fraction of sp³-hybridized carbons (Fsp3) is 0.250. The highest BCUT2D eigenvalue weighted by molar-refractivity contribution is 6.33. The topological polar surface area (TPSA) is 55.5 Å². The van der Waals surface area contributed by atoms with E-state index in [4.69, 9.17) is 27.2 Å². The normalized spacial score (nSPS) is 9.83. The highest BCUT2D eigenvalue weighted by atomic mass is 35.5. The molecule has 0 aliphatic rings. The number of aliphatic hydroxyl groups excluding tert-OH is 1. The zero-order chi connectivity index (χ0) is 8.97. The van der Waals surface area contributed by atoms with E-state index in [0.717, 1.165) is 0 Å². The molecule has 0 aromatic heterocycles. The molecule has 0 amide bonds. The van der Waals surface area contributed by atoms with Gasteiger partial charge in [0.1, 0.15) is 12.4 Å². The van der Waals surface area contributed by atoms with Crippen molar-refractivity contribution in [3.05, 3.63) is 23.2 Å². The van der Waals surface area contributed by atoms with Crippen LogP contribution in [0.25, 0.3) is 0 Å². The lowest BCUT2D eigenvalue weighted by Crippen LogP contribution is -2.01. The van der Waals surface area contributed by atoms with Gasteiger partial charge in [0.2, 0.25) is 0 Å². The van der Waals surface area contributed by atoms with Crippen LogP contribution in [0.3, 0.4) is 0 Å². The van der Waals surface area contributed by atoms with Gasteiger partial charge in [0, 0.05) is 6.07 Å². The van der Waals surface area contributed by atoms with Crippen molar-refractivity contribution in [3.8, 4) is 5.75 Å². The van der Waals surface area contributed by atoms with Crippen molar-refractivity contribution >= 4 is 17.3 Å². The Kier molecular flexibility index (Phi) is 3.19. The van der Waals surface area contributed by atoms with Crippen LogP contribution in [0.5, 0.6) is 5.75 Å². The molecule has 0 aliphatic carbocycles. The van der Waals surface area contributed by atoms with Crippen LogP contribution in [0, 0.1) is 0 Å². The van der Waals surface area contributed by atoms with Gasteiger partial charge in [0.15, 0.2) is 0 Å². The zero-order valence-corrected chi connectivity index (χ0v) is 7.21. The van der Waals surface area contributed by atoms with Crippen molar-refractivity contribution in [1.82, 2.24) is 0 Å². The first kappa shape index (κ1) is 9.16. The Hall–Kier alpha value is -0.930. The number of nitrogen functional groups attached to an aromatic ring is 1. The average molecular weight is 188 g/mol. The summed E-state index contributed by atoms with van der Waals surface area (Å²) in [5, 5.41) is 8.93. The molecule has 66 valence electrons. The first-order valence-electron chi connectivity index (χ1n) is 3.52. The number of hydrogen-bond acceptors (Lipinski definition) is 3. The van der Waals surface area contributed by atoms with Crippen molar-refractivity contribution in [3.63, 3.8) is 0 Å². The fourth-order valence-electron chi connectivity index (χ4n) is 0.761. The molecule has 0 spiro atoms. The molecule has 0 aliphatic heterocycles. The summed E-state index contributed by atoms with van der Waals surface area (Å²) < 4.78 is 5.10. The second-order valence-electron chi connectivity index (χ2n) is 2.26. The van der Waals surface area contributed by atoms with Crippen LogP contribution in [0.2, 0.25) is 5.02 Å². The molecule has 12 heavy (non-hydrogen) atoms. The van der Waals surface area contributed by atoms with E-state index in [9.17, 15) is 0 Å². The largest absolute Gasteiger partial charge is 0.491 e. The molecule has 3 nitrogen and oxygen atoms in total. The number of rotatable bonds is 3. The van der Waals surface area contributed by atoms with Crippen molar-refractivity contribution in [1.29, 1.82) is 0 Å². The summed E-state index contributed by atoms with van der Waals surface area (Å²) >= 11 is 5.73. The van der Waals surface area contributed by atoms with E-state index < -0.39 is 0 Å². The second kappa shape index (κ2) is 4.18. The lowest BCUT2D eigenvalue weighted by Gasteiger charge is -2.04. The van der Waals surface area contributed by atoms with Crippen LogP contribution in [0.1, 0.15) is 0 Å². The number of ether oxygens (including phenoxy) is 1.